The van der Waals surface area contributed by atoms with Crippen LogP contribution in [0.15, 0.2) is 83.5 Å². The number of cyclic esters (lactones) is 1. The zero-order valence-electron chi connectivity index (χ0n) is 18.5. The molecule has 0 atom stereocenters. The number of carbonyl (C=O) groups excluding carboxylic acids is 2. The van der Waals surface area contributed by atoms with Crippen LogP contribution in [0.2, 0.25) is 5.02 Å². The standard InChI is InChI=1S/C27H18ClNO5S/c1-2-32-21-15-16(12-13-20(21)33-26(30)17-8-4-3-5-9-17)14-19-27(31)34-25(29-19)24-23(28)18-10-6-7-11-22(18)35-24/h3-15H,2H2,1H3/b19-14+. The third-order valence-corrected chi connectivity index (χ3v) is 6.80. The Morgan fingerprint density at radius 1 is 1.06 bits per heavy atom. The predicted molar refractivity (Wildman–Crippen MR) is 136 cm³/mol. The fourth-order valence-corrected chi connectivity index (χ4v) is 4.95. The van der Waals surface area contributed by atoms with Gasteiger partial charge in [-0.3, -0.25) is 0 Å². The summed E-state index contributed by atoms with van der Waals surface area (Å²) in [7, 11) is 0. The molecule has 0 saturated heterocycles. The number of esters is 2. The molecule has 2 heterocycles. The first-order valence-electron chi connectivity index (χ1n) is 10.8. The lowest BCUT2D eigenvalue weighted by Crippen LogP contribution is -2.09. The monoisotopic (exact) mass is 503 g/mol. The number of halogens is 1. The van der Waals surface area contributed by atoms with Crippen molar-refractivity contribution in [3.8, 4) is 11.5 Å². The van der Waals surface area contributed by atoms with Crippen molar-refractivity contribution in [3.05, 3.63) is 99.5 Å². The zero-order valence-corrected chi connectivity index (χ0v) is 20.1. The Morgan fingerprint density at radius 3 is 2.60 bits per heavy atom. The van der Waals surface area contributed by atoms with E-state index >= 15 is 0 Å². The maximum atomic E-state index is 12.5. The Labute approximate surface area is 210 Å². The Morgan fingerprint density at radius 2 is 1.83 bits per heavy atom. The number of ether oxygens (including phenoxy) is 3. The van der Waals surface area contributed by atoms with Gasteiger partial charge in [0.2, 0.25) is 5.90 Å². The second-order valence-corrected chi connectivity index (χ2v) is 8.90. The Balaban J connectivity index is 1.43. The topological polar surface area (TPSA) is 74.2 Å². The van der Waals surface area contributed by atoms with E-state index in [1.807, 2.05) is 37.3 Å². The molecule has 0 spiro atoms. The van der Waals surface area contributed by atoms with E-state index in [4.69, 9.17) is 25.8 Å². The van der Waals surface area contributed by atoms with Crippen molar-refractivity contribution in [3.63, 3.8) is 0 Å². The molecule has 4 aromatic rings. The first-order valence-corrected chi connectivity index (χ1v) is 12.0. The summed E-state index contributed by atoms with van der Waals surface area (Å²) in [5.74, 6) is -0.254. The van der Waals surface area contributed by atoms with Crippen LogP contribution in [0.25, 0.3) is 16.2 Å². The summed E-state index contributed by atoms with van der Waals surface area (Å²) < 4.78 is 17.6. The average Bonchev–Trinajstić information content (AvgIpc) is 3.40. The van der Waals surface area contributed by atoms with Crippen molar-refractivity contribution in [1.29, 1.82) is 0 Å². The fraction of sp³-hybridized carbons (Fsp3) is 0.0741. The van der Waals surface area contributed by atoms with Gasteiger partial charge < -0.3 is 14.2 Å². The molecule has 1 aliphatic heterocycles. The number of benzene rings is 3. The van der Waals surface area contributed by atoms with E-state index in [-0.39, 0.29) is 17.3 Å². The number of hydrogen-bond donors (Lipinski definition) is 0. The molecule has 3 aromatic carbocycles. The van der Waals surface area contributed by atoms with Crippen molar-refractivity contribution in [2.75, 3.05) is 6.61 Å². The minimum absolute atomic E-state index is 0.130. The Bertz CT molecular complexity index is 1510. The number of rotatable bonds is 6. The Hall–Kier alpha value is -3.94. The quantitative estimate of drug-likeness (QED) is 0.170. The highest BCUT2D eigenvalue weighted by atomic mass is 35.5. The van der Waals surface area contributed by atoms with Gasteiger partial charge in [0.1, 0.15) is 4.88 Å². The van der Waals surface area contributed by atoms with E-state index in [2.05, 4.69) is 4.99 Å². The van der Waals surface area contributed by atoms with Gasteiger partial charge in [0.15, 0.2) is 17.2 Å². The van der Waals surface area contributed by atoms with Gasteiger partial charge >= 0.3 is 11.9 Å². The van der Waals surface area contributed by atoms with Gasteiger partial charge in [0.25, 0.3) is 0 Å². The zero-order chi connectivity index (χ0) is 24.4. The summed E-state index contributed by atoms with van der Waals surface area (Å²) in [6.45, 7) is 2.19. The molecule has 1 aromatic heterocycles. The normalized spacial score (nSPS) is 14.2. The summed E-state index contributed by atoms with van der Waals surface area (Å²) >= 11 is 7.92. The number of nitrogens with zero attached hydrogens (tertiary/aromatic N) is 1. The molecule has 0 radical (unpaired) electrons. The van der Waals surface area contributed by atoms with Crippen LogP contribution in [-0.4, -0.2) is 24.4 Å². The van der Waals surface area contributed by atoms with Gasteiger partial charge in [-0.1, -0.05) is 54.1 Å². The predicted octanol–water partition coefficient (Wildman–Crippen LogP) is 6.52. The highest BCUT2D eigenvalue weighted by molar-refractivity contribution is 7.21. The van der Waals surface area contributed by atoms with Crippen LogP contribution in [0, 0.1) is 0 Å². The highest BCUT2D eigenvalue weighted by Gasteiger charge is 2.28. The Kier molecular flexibility index (Phi) is 6.35. The summed E-state index contributed by atoms with van der Waals surface area (Å²) in [4.78, 5) is 30.0. The average molecular weight is 504 g/mol. The SMILES string of the molecule is CCOc1cc(/C=C2/N=C(c3sc4ccccc4c3Cl)OC2=O)ccc1OC(=O)c1ccccc1. The molecule has 174 valence electrons. The second-order valence-electron chi connectivity index (χ2n) is 7.47. The van der Waals surface area contributed by atoms with Crippen LogP contribution in [0.3, 0.4) is 0 Å². The lowest BCUT2D eigenvalue weighted by atomic mass is 10.1. The molecular weight excluding hydrogens is 486 g/mol. The molecule has 6 nitrogen and oxygen atoms in total. The lowest BCUT2D eigenvalue weighted by molar-refractivity contribution is -0.129. The molecule has 0 aliphatic carbocycles. The van der Waals surface area contributed by atoms with Crippen LogP contribution in [0.5, 0.6) is 11.5 Å². The van der Waals surface area contributed by atoms with E-state index in [1.54, 1.807) is 48.5 Å². The van der Waals surface area contributed by atoms with Gasteiger partial charge in [-0.05, 0) is 48.9 Å². The summed E-state index contributed by atoms with van der Waals surface area (Å²) in [6.07, 6.45) is 1.59. The van der Waals surface area contributed by atoms with Crippen molar-refractivity contribution in [1.82, 2.24) is 0 Å². The maximum absolute atomic E-state index is 12.5. The van der Waals surface area contributed by atoms with Crippen molar-refractivity contribution < 1.29 is 23.8 Å². The second kappa shape index (κ2) is 9.74. The fourth-order valence-electron chi connectivity index (χ4n) is 3.52. The molecule has 5 rings (SSSR count). The van der Waals surface area contributed by atoms with Crippen LogP contribution < -0.4 is 9.47 Å². The van der Waals surface area contributed by atoms with E-state index in [0.717, 1.165) is 10.1 Å². The lowest BCUT2D eigenvalue weighted by Gasteiger charge is -2.11. The van der Waals surface area contributed by atoms with Crippen LogP contribution in [0.1, 0.15) is 27.7 Å². The van der Waals surface area contributed by atoms with Crippen molar-refractivity contribution >= 4 is 56.9 Å². The van der Waals surface area contributed by atoms with E-state index in [1.165, 1.54) is 11.3 Å². The molecule has 8 heteroatoms. The summed E-state index contributed by atoms with van der Waals surface area (Å²) in [5.41, 5.74) is 1.19. The van der Waals surface area contributed by atoms with Gasteiger partial charge in [-0.25, -0.2) is 14.6 Å². The minimum Gasteiger partial charge on any atom is -0.490 e. The molecule has 1 aliphatic rings. The maximum Gasteiger partial charge on any atom is 0.363 e. The molecule has 35 heavy (non-hydrogen) atoms. The molecule has 0 unspecified atom stereocenters. The van der Waals surface area contributed by atoms with E-state index in [0.29, 0.717) is 33.4 Å². The number of aliphatic imine (C=N–C) groups is 1. The van der Waals surface area contributed by atoms with Gasteiger partial charge in [0, 0.05) is 10.1 Å². The smallest absolute Gasteiger partial charge is 0.363 e. The molecular formula is C27H18ClNO5S. The molecule has 0 fully saturated rings. The molecule has 0 amide bonds. The first kappa shape index (κ1) is 22.8. The van der Waals surface area contributed by atoms with Gasteiger partial charge in [-0.2, -0.15) is 0 Å². The summed E-state index contributed by atoms with van der Waals surface area (Å²) in [6, 6.07) is 21.4. The number of thiophene rings is 1. The van der Waals surface area contributed by atoms with E-state index < -0.39 is 11.9 Å². The third-order valence-electron chi connectivity index (χ3n) is 5.13. The summed E-state index contributed by atoms with van der Waals surface area (Å²) in [5, 5.41) is 1.38. The van der Waals surface area contributed by atoms with Crippen LogP contribution >= 0.6 is 22.9 Å². The van der Waals surface area contributed by atoms with Crippen molar-refractivity contribution in [2.24, 2.45) is 4.99 Å². The van der Waals surface area contributed by atoms with Gasteiger partial charge in [-0.15, -0.1) is 11.3 Å². The first-order chi connectivity index (χ1) is 17.0. The van der Waals surface area contributed by atoms with Gasteiger partial charge in [0.05, 0.1) is 17.2 Å². The highest BCUT2D eigenvalue weighted by Crippen LogP contribution is 2.37. The van der Waals surface area contributed by atoms with E-state index in [9.17, 15) is 9.59 Å². The largest absolute Gasteiger partial charge is 0.490 e. The van der Waals surface area contributed by atoms with Crippen LogP contribution in [0.4, 0.5) is 0 Å². The molecule has 0 bridgehead atoms. The molecule has 0 saturated carbocycles. The number of fused-ring (bicyclic) bond motifs is 1. The number of carbonyl (C=O) groups is 2. The van der Waals surface area contributed by atoms with Crippen LogP contribution in [-0.2, 0) is 9.53 Å². The number of hydrogen-bond acceptors (Lipinski definition) is 7. The minimum atomic E-state index is -0.578. The van der Waals surface area contributed by atoms with Crippen molar-refractivity contribution in [2.45, 2.75) is 6.92 Å². The third kappa shape index (κ3) is 4.69. The molecule has 0 N–H and O–H groups in total.